The summed E-state index contributed by atoms with van der Waals surface area (Å²) in [6.45, 7) is 5.93. The minimum Gasteiger partial charge on any atom is -0.353 e. The van der Waals surface area contributed by atoms with Gasteiger partial charge in [0.05, 0.1) is 22.0 Å². The summed E-state index contributed by atoms with van der Waals surface area (Å²) < 4.78 is 13.9. The van der Waals surface area contributed by atoms with Crippen molar-refractivity contribution in [3.05, 3.63) is 39.5 Å². The smallest absolute Gasteiger partial charge is 0.144 e. The summed E-state index contributed by atoms with van der Waals surface area (Å²) in [7, 11) is 2.13. The van der Waals surface area contributed by atoms with Gasteiger partial charge in [-0.3, -0.25) is 0 Å². The summed E-state index contributed by atoms with van der Waals surface area (Å²) in [5, 5.41) is 4.44. The van der Waals surface area contributed by atoms with Crippen LogP contribution >= 0.6 is 22.9 Å². The van der Waals surface area contributed by atoms with Crippen molar-refractivity contribution < 1.29 is 4.39 Å². The summed E-state index contributed by atoms with van der Waals surface area (Å²) >= 11 is 7.63. The minimum atomic E-state index is -0.434. The minimum absolute atomic E-state index is 0.0958. The zero-order chi connectivity index (χ0) is 16.8. The van der Waals surface area contributed by atoms with Crippen LogP contribution in [0.1, 0.15) is 10.4 Å². The number of nitrogens with zero attached hydrogens (tertiary/aromatic N) is 3. The highest BCUT2D eigenvalue weighted by atomic mass is 35.5. The van der Waals surface area contributed by atoms with Gasteiger partial charge in [0.25, 0.3) is 0 Å². The van der Waals surface area contributed by atoms with Gasteiger partial charge in [-0.25, -0.2) is 9.38 Å². The van der Waals surface area contributed by atoms with Crippen LogP contribution in [0.2, 0.25) is 5.02 Å². The molecule has 0 spiro atoms. The number of rotatable bonds is 0. The summed E-state index contributed by atoms with van der Waals surface area (Å²) in [5.74, 6) is 0.507. The van der Waals surface area contributed by atoms with Crippen molar-refractivity contribution in [1.82, 2.24) is 9.80 Å². The number of aliphatic imine (C=N–C) groups is 1. The number of fused-ring (bicyclic) bond motifs is 2. The maximum absolute atomic E-state index is 13.9. The van der Waals surface area contributed by atoms with Crippen LogP contribution in [0.15, 0.2) is 23.2 Å². The molecule has 2 aliphatic heterocycles. The van der Waals surface area contributed by atoms with E-state index in [1.807, 2.05) is 0 Å². The Balaban J connectivity index is 1.84. The van der Waals surface area contributed by atoms with E-state index in [4.69, 9.17) is 16.6 Å². The molecule has 126 valence electrons. The maximum Gasteiger partial charge on any atom is 0.144 e. The lowest BCUT2D eigenvalue weighted by molar-refractivity contribution is 0.216. The third-order valence-electron chi connectivity index (χ3n) is 4.41. The second kappa shape index (κ2) is 6.02. The van der Waals surface area contributed by atoms with Gasteiger partial charge in [0.1, 0.15) is 16.7 Å². The summed E-state index contributed by atoms with van der Waals surface area (Å²) in [5.41, 5.74) is 2.41. The molecule has 1 N–H and O–H groups in total. The fourth-order valence-electron chi connectivity index (χ4n) is 3.06. The highest BCUT2D eigenvalue weighted by molar-refractivity contribution is 7.16. The molecule has 0 amide bonds. The lowest BCUT2D eigenvalue weighted by Crippen LogP contribution is -2.47. The highest BCUT2D eigenvalue weighted by Crippen LogP contribution is 2.41. The molecule has 0 bridgehead atoms. The molecule has 0 unspecified atom stereocenters. The molecular weight excluding hydrogens is 347 g/mol. The van der Waals surface area contributed by atoms with Gasteiger partial charge in [-0.2, -0.15) is 0 Å². The third kappa shape index (κ3) is 2.79. The van der Waals surface area contributed by atoms with Gasteiger partial charge in [0, 0.05) is 37.1 Å². The van der Waals surface area contributed by atoms with Crippen LogP contribution in [0.5, 0.6) is 0 Å². The average Bonchev–Trinajstić information content (AvgIpc) is 2.84. The van der Waals surface area contributed by atoms with E-state index in [1.165, 1.54) is 10.9 Å². The number of halogens is 2. The zero-order valence-corrected chi connectivity index (χ0v) is 15.1. The lowest BCUT2D eigenvalue weighted by atomic mass is 10.2. The SMILES string of the molecule is Cc1cc2c(s1)Nc1cc(F)c(Cl)cc1N=C2N1CCN(C)CC1. The number of aryl methyl sites for hydroxylation is 1. The van der Waals surface area contributed by atoms with Crippen molar-refractivity contribution in [2.75, 3.05) is 38.5 Å². The number of thiophene rings is 1. The van der Waals surface area contributed by atoms with Crippen molar-refractivity contribution >= 4 is 45.1 Å². The summed E-state index contributed by atoms with van der Waals surface area (Å²) in [6, 6.07) is 5.17. The van der Waals surface area contributed by atoms with Crippen molar-refractivity contribution in [3.8, 4) is 0 Å². The molecule has 4 rings (SSSR count). The number of hydrogen-bond acceptors (Lipinski definition) is 5. The second-order valence-electron chi connectivity index (χ2n) is 6.23. The number of likely N-dealkylation sites (N-methyl/N-ethyl adjacent to an activating group) is 1. The summed E-state index contributed by atoms with van der Waals surface area (Å²) in [4.78, 5) is 10.7. The normalized spacial score (nSPS) is 17.7. The van der Waals surface area contributed by atoms with Crippen LogP contribution < -0.4 is 5.32 Å². The van der Waals surface area contributed by atoms with Crippen molar-refractivity contribution in [2.45, 2.75) is 6.92 Å². The fraction of sp³-hybridized carbons (Fsp3) is 0.353. The molecule has 0 atom stereocenters. The zero-order valence-electron chi connectivity index (χ0n) is 13.6. The van der Waals surface area contributed by atoms with Crippen LogP contribution in [0.4, 0.5) is 20.8 Å². The third-order valence-corrected chi connectivity index (χ3v) is 5.67. The quantitative estimate of drug-likeness (QED) is 0.758. The molecule has 3 heterocycles. The van der Waals surface area contributed by atoms with Gasteiger partial charge in [-0.15, -0.1) is 11.3 Å². The Morgan fingerprint density at radius 3 is 2.71 bits per heavy atom. The predicted molar refractivity (Wildman–Crippen MR) is 99.0 cm³/mol. The van der Waals surface area contributed by atoms with Gasteiger partial charge in [0.15, 0.2) is 0 Å². The number of benzene rings is 1. The Bertz CT molecular complexity index is 824. The standard InChI is InChI=1S/C17H18ClFN4S/c1-10-7-11-16(23-5-3-22(2)4-6-23)20-14-8-12(18)13(19)9-15(14)21-17(11)24-10/h7-9,21H,3-6H2,1-2H3. The average molecular weight is 365 g/mol. The molecule has 1 fully saturated rings. The number of anilines is 2. The molecule has 2 aliphatic rings. The first-order valence-electron chi connectivity index (χ1n) is 7.90. The van der Waals surface area contributed by atoms with Crippen LogP contribution in [0, 0.1) is 12.7 Å². The van der Waals surface area contributed by atoms with Crippen LogP contribution in [0.25, 0.3) is 0 Å². The van der Waals surface area contributed by atoms with E-state index in [0.717, 1.165) is 42.6 Å². The Kier molecular flexibility index (Phi) is 3.98. The van der Waals surface area contributed by atoms with Gasteiger partial charge < -0.3 is 15.1 Å². The number of nitrogens with one attached hydrogen (secondary N) is 1. The van der Waals surface area contributed by atoms with E-state index in [-0.39, 0.29) is 5.02 Å². The van der Waals surface area contributed by atoms with Crippen LogP contribution in [-0.4, -0.2) is 48.9 Å². The van der Waals surface area contributed by atoms with E-state index in [9.17, 15) is 4.39 Å². The first-order chi connectivity index (χ1) is 11.5. The highest BCUT2D eigenvalue weighted by Gasteiger charge is 2.26. The lowest BCUT2D eigenvalue weighted by Gasteiger charge is -2.34. The Labute approximate surface area is 149 Å². The number of piperazine rings is 1. The Hall–Kier alpha value is -1.63. The van der Waals surface area contributed by atoms with E-state index >= 15 is 0 Å². The molecular formula is C17H18ClFN4S. The topological polar surface area (TPSA) is 30.9 Å². The van der Waals surface area contributed by atoms with Crippen molar-refractivity contribution in [1.29, 1.82) is 0 Å². The van der Waals surface area contributed by atoms with Gasteiger partial charge in [0.2, 0.25) is 0 Å². The number of hydrogen-bond donors (Lipinski definition) is 1. The molecule has 0 aliphatic carbocycles. The molecule has 1 aromatic carbocycles. The van der Waals surface area contributed by atoms with E-state index in [2.05, 4.69) is 35.2 Å². The molecule has 7 heteroatoms. The molecule has 0 radical (unpaired) electrons. The van der Waals surface area contributed by atoms with E-state index in [1.54, 1.807) is 17.4 Å². The Morgan fingerprint density at radius 2 is 1.96 bits per heavy atom. The van der Waals surface area contributed by atoms with E-state index in [0.29, 0.717) is 11.4 Å². The Morgan fingerprint density at radius 1 is 1.21 bits per heavy atom. The fourth-order valence-corrected chi connectivity index (χ4v) is 4.14. The monoisotopic (exact) mass is 364 g/mol. The van der Waals surface area contributed by atoms with Gasteiger partial charge in [-0.05, 0) is 26.1 Å². The molecule has 4 nitrogen and oxygen atoms in total. The van der Waals surface area contributed by atoms with Crippen molar-refractivity contribution in [2.24, 2.45) is 4.99 Å². The maximum atomic E-state index is 13.9. The second-order valence-corrected chi connectivity index (χ2v) is 7.90. The predicted octanol–water partition coefficient (Wildman–Crippen LogP) is 4.23. The van der Waals surface area contributed by atoms with E-state index < -0.39 is 5.82 Å². The number of amidine groups is 1. The molecule has 0 saturated carbocycles. The molecule has 1 saturated heterocycles. The van der Waals surface area contributed by atoms with Crippen molar-refractivity contribution in [3.63, 3.8) is 0 Å². The first kappa shape index (κ1) is 15.9. The molecule has 2 aromatic rings. The van der Waals surface area contributed by atoms with Gasteiger partial charge in [-0.1, -0.05) is 11.6 Å². The molecule has 1 aromatic heterocycles. The van der Waals surface area contributed by atoms with Crippen LogP contribution in [0.3, 0.4) is 0 Å². The largest absolute Gasteiger partial charge is 0.353 e. The van der Waals surface area contributed by atoms with Crippen LogP contribution in [-0.2, 0) is 0 Å². The first-order valence-corrected chi connectivity index (χ1v) is 9.10. The molecule has 24 heavy (non-hydrogen) atoms. The van der Waals surface area contributed by atoms with Gasteiger partial charge >= 0.3 is 0 Å². The summed E-state index contributed by atoms with van der Waals surface area (Å²) in [6.07, 6.45) is 0.